The lowest BCUT2D eigenvalue weighted by Crippen LogP contribution is -2.47. The number of halogens is 1. The fourth-order valence-corrected chi connectivity index (χ4v) is 3.25. The summed E-state index contributed by atoms with van der Waals surface area (Å²) >= 11 is 5.97. The molecule has 0 spiro atoms. The van der Waals surface area contributed by atoms with Gasteiger partial charge >= 0.3 is 5.97 Å². The second kappa shape index (κ2) is 6.23. The third-order valence-electron chi connectivity index (χ3n) is 3.97. The van der Waals surface area contributed by atoms with Gasteiger partial charge in [0, 0.05) is 25.6 Å². The van der Waals surface area contributed by atoms with Crippen LogP contribution < -0.4 is 0 Å². The topological polar surface area (TPSA) is 98.8 Å². The van der Waals surface area contributed by atoms with E-state index in [1.54, 1.807) is 4.90 Å². The average molecular weight is 329 g/mol. The summed E-state index contributed by atoms with van der Waals surface area (Å²) in [4.78, 5) is 27.2. The Balaban J connectivity index is 1.82. The van der Waals surface area contributed by atoms with Crippen LogP contribution in [0.2, 0.25) is 5.02 Å². The van der Waals surface area contributed by atoms with Crippen molar-refractivity contribution in [1.29, 1.82) is 0 Å². The van der Waals surface area contributed by atoms with Gasteiger partial charge in [-0.25, -0.2) is 0 Å². The Morgan fingerprint density at radius 1 is 1.41 bits per heavy atom. The van der Waals surface area contributed by atoms with Gasteiger partial charge in [0.05, 0.1) is 37.0 Å². The van der Waals surface area contributed by atoms with E-state index in [1.807, 2.05) is 4.90 Å². The minimum Gasteiger partial charge on any atom is -0.480 e. The minimum absolute atomic E-state index is 0.0279. The number of carboxylic acids is 1. The van der Waals surface area contributed by atoms with Gasteiger partial charge in [0.15, 0.2) is 0 Å². The van der Waals surface area contributed by atoms with E-state index in [0.717, 1.165) is 0 Å². The van der Waals surface area contributed by atoms with Crippen LogP contribution in [-0.2, 0) is 9.53 Å². The first kappa shape index (κ1) is 15.3. The molecule has 9 heteroatoms. The third kappa shape index (κ3) is 3.08. The van der Waals surface area contributed by atoms with E-state index in [9.17, 15) is 9.59 Å². The van der Waals surface area contributed by atoms with Crippen molar-refractivity contribution in [2.24, 2.45) is 5.92 Å². The van der Waals surface area contributed by atoms with Crippen LogP contribution in [0, 0.1) is 5.92 Å². The van der Waals surface area contributed by atoms with Crippen LogP contribution in [0.25, 0.3) is 0 Å². The summed E-state index contributed by atoms with van der Waals surface area (Å²) in [5.74, 6) is -1.01. The summed E-state index contributed by atoms with van der Waals surface area (Å²) < 4.78 is 5.62. The lowest BCUT2D eigenvalue weighted by molar-refractivity contribution is -0.138. The summed E-state index contributed by atoms with van der Waals surface area (Å²) in [6.45, 7) is 2.48. The normalized spacial score (nSPS) is 25.8. The number of fused-ring (bicyclic) bond motifs is 3. The molecule has 2 aliphatic rings. The predicted molar refractivity (Wildman–Crippen MR) is 76.8 cm³/mol. The Kier molecular flexibility index (Phi) is 4.32. The highest BCUT2D eigenvalue weighted by atomic mass is 35.5. The van der Waals surface area contributed by atoms with Crippen molar-refractivity contribution in [3.8, 4) is 0 Å². The van der Waals surface area contributed by atoms with Gasteiger partial charge in [0.25, 0.3) is 5.91 Å². The number of carbonyl (C=O) groups excluding carboxylic acids is 1. The van der Waals surface area contributed by atoms with Crippen molar-refractivity contribution < 1.29 is 19.4 Å². The van der Waals surface area contributed by atoms with Gasteiger partial charge in [0.2, 0.25) is 0 Å². The number of nitrogens with zero attached hydrogens (tertiary/aromatic N) is 3. The van der Waals surface area contributed by atoms with Crippen molar-refractivity contribution in [2.45, 2.75) is 6.04 Å². The molecule has 0 aliphatic carbocycles. The van der Waals surface area contributed by atoms with Crippen LogP contribution in [0.3, 0.4) is 0 Å². The first-order valence-electron chi connectivity index (χ1n) is 7.06. The molecule has 0 aromatic carbocycles. The zero-order chi connectivity index (χ0) is 15.7. The number of amides is 1. The Hall–Kier alpha value is -1.64. The summed E-state index contributed by atoms with van der Waals surface area (Å²) in [5, 5.41) is 15.7. The second-order valence-corrected chi connectivity index (χ2v) is 6.10. The molecule has 3 heterocycles. The SMILES string of the molecule is O=C(O)CN1C[C@@H]2COC[C@H](C1)N(C(=O)c1[nH]ncc1Cl)C2. The highest BCUT2D eigenvalue weighted by Gasteiger charge is 2.37. The Bertz CT molecular complexity index is 578. The third-order valence-corrected chi connectivity index (χ3v) is 4.26. The maximum atomic E-state index is 12.7. The standard InChI is InChI=1S/C13H17ClN4O4/c14-10-1-15-16-12(10)13(21)18-3-8-2-17(5-11(19)20)4-9(18)7-22-6-8/h1,8-9H,2-7H2,(H,15,16)(H,19,20)/t8-,9-/m0/s1. The molecule has 22 heavy (non-hydrogen) atoms. The molecule has 0 unspecified atom stereocenters. The molecule has 2 fully saturated rings. The molecule has 2 atom stereocenters. The predicted octanol–water partition coefficient (Wildman–Crippen LogP) is -0.0795. The lowest BCUT2D eigenvalue weighted by atomic mass is 10.1. The molecule has 2 bridgehead atoms. The van der Waals surface area contributed by atoms with Crippen LogP contribution in [0.1, 0.15) is 10.5 Å². The van der Waals surface area contributed by atoms with E-state index < -0.39 is 5.97 Å². The van der Waals surface area contributed by atoms with Gasteiger partial charge < -0.3 is 14.7 Å². The van der Waals surface area contributed by atoms with Crippen LogP contribution in [0.15, 0.2) is 6.20 Å². The zero-order valence-corrected chi connectivity index (χ0v) is 12.6. The van der Waals surface area contributed by atoms with Gasteiger partial charge in [-0.3, -0.25) is 19.6 Å². The Morgan fingerprint density at radius 2 is 2.23 bits per heavy atom. The minimum atomic E-state index is -0.865. The number of rotatable bonds is 3. The lowest BCUT2D eigenvalue weighted by Gasteiger charge is -2.30. The molecule has 120 valence electrons. The molecule has 2 aliphatic heterocycles. The number of nitrogens with one attached hydrogen (secondary N) is 1. The Labute approximate surface area is 132 Å². The zero-order valence-electron chi connectivity index (χ0n) is 11.9. The van der Waals surface area contributed by atoms with Crippen molar-refractivity contribution in [1.82, 2.24) is 20.0 Å². The van der Waals surface area contributed by atoms with E-state index >= 15 is 0 Å². The van der Waals surface area contributed by atoms with E-state index in [4.69, 9.17) is 21.4 Å². The molecule has 1 aromatic heterocycles. The number of hydrogen-bond donors (Lipinski definition) is 2. The maximum absolute atomic E-state index is 12.7. The molecule has 0 radical (unpaired) electrons. The summed E-state index contributed by atoms with van der Waals surface area (Å²) in [6, 6.07) is -0.196. The smallest absolute Gasteiger partial charge is 0.317 e. The first-order valence-corrected chi connectivity index (χ1v) is 7.44. The molecule has 0 saturated carbocycles. The van der Waals surface area contributed by atoms with Gasteiger partial charge in [-0.2, -0.15) is 5.10 Å². The van der Waals surface area contributed by atoms with E-state index in [-0.39, 0.29) is 35.1 Å². The number of H-pyrrole nitrogens is 1. The van der Waals surface area contributed by atoms with Gasteiger partial charge in [-0.1, -0.05) is 11.6 Å². The molecule has 3 rings (SSSR count). The van der Waals surface area contributed by atoms with Crippen molar-refractivity contribution in [3.63, 3.8) is 0 Å². The molecular weight excluding hydrogens is 312 g/mol. The highest BCUT2D eigenvalue weighted by Crippen LogP contribution is 2.23. The van der Waals surface area contributed by atoms with E-state index in [0.29, 0.717) is 32.8 Å². The largest absolute Gasteiger partial charge is 0.480 e. The van der Waals surface area contributed by atoms with E-state index in [2.05, 4.69) is 10.2 Å². The van der Waals surface area contributed by atoms with Crippen LogP contribution in [0.4, 0.5) is 0 Å². The van der Waals surface area contributed by atoms with Crippen LogP contribution in [-0.4, -0.2) is 82.4 Å². The summed E-state index contributed by atoms with van der Waals surface area (Å²) in [5.41, 5.74) is 0.263. The van der Waals surface area contributed by atoms with E-state index in [1.165, 1.54) is 6.20 Å². The highest BCUT2D eigenvalue weighted by molar-refractivity contribution is 6.33. The summed E-state index contributed by atoms with van der Waals surface area (Å²) in [7, 11) is 0. The molecule has 1 aromatic rings. The number of aromatic nitrogens is 2. The quantitative estimate of drug-likeness (QED) is 0.805. The maximum Gasteiger partial charge on any atom is 0.317 e. The second-order valence-electron chi connectivity index (χ2n) is 5.70. The molecule has 2 saturated heterocycles. The fourth-order valence-electron chi connectivity index (χ4n) is 3.07. The van der Waals surface area contributed by atoms with Crippen molar-refractivity contribution >= 4 is 23.5 Å². The monoisotopic (exact) mass is 328 g/mol. The van der Waals surface area contributed by atoms with Gasteiger partial charge in [0.1, 0.15) is 5.69 Å². The number of ether oxygens (including phenoxy) is 1. The summed E-state index contributed by atoms with van der Waals surface area (Å²) in [6.07, 6.45) is 1.39. The van der Waals surface area contributed by atoms with Crippen molar-refractivity contribution in [2.75, 3.05) is 39.4 Å². The molecule has 8 nitrogen and oxygen atoms in total. The van der Waals surface area contributed by atoms with Gasteiger partial charge in [-0.05, 0) is 0 Å². The number of carboxylic acid groups (broad SMARTS) is 1. The molecular formula is C13H17ClN4O4. The van der Waals surface area contributed by atoms with Crippen LogP contribution in [0.5, 0.6) is 0 Å². The average Bonchev–Trinajstić information content (AvgIpc) is 2.66. The fraction of sp³-hybridized carbons (Fsp3) is 0.615. The molecule has 1 amide bonds. The van der Waals surface area contributed by atoms with Crippen molar-refractivity contribution in [3.05, 3.63) is 16.9 Å². The van der Waals surface area contributed by atoms with Gasteiger partial charge in [-0.15, -0.1) is 0 Å². The first-order chi connectivity index (χ1) is 10.5. The van der Waals surface area contributed by atoms with Crippen LogP contribution >= 0.6 is 11.6 Å². The Morgan fingerprint density at radius 3 is 2.91 bits per heavy atom. The molecule has 2 N–H and O–H groups in total. The number of hydrogen-bond acceptors (Lipinski definition) is 5. The number of carbonyl (C=O) groups is 2. The number of aromatic amines is 1. The number of aliphatic carboxylic acids is 1.